The minimum Gasteiger partial charge on any atom is -0.442 e. The highest BCUT2D eigenvalue weighted by atomic mass is 31.1. The van der Waals surface area contributed by atoms with Crippen molar-refractivity contribution in [3.63, 3.8) is 0 Å². The molecule has 0 bridgehead atoms. The fraction of sp³-hybridized carbons (Fsp3) is 0. The topological polar surface area (TPSA) is 26.3 Å². The summed E-state index contributed by atoms with van der Waals surface area (Å²) >= 11 is 0. The Balaban J connectivity index is 2.09. The lowest BCUT2D eigenvalue weighted by atomic mass is 10.2. The van der Waals surface area contributed by atoms with Crippen molar-refractivity contribution in [3.8, 4) is 5.75 Å². The van der Waals surface area contributed by atoms with Crippen molar-refractivity contribution in [2.75, 3.05) is 0 Å². The molecule has 0 radical (unpaired) electrons. The molecule has 2 aromatic carbocycles. The Morgan fingerprint density at radius 1 is 0.941 bits per heavy atom. The number of hydrogen-bond donors (Lipinski definition) is 0. The van der Waals surface area contributed by atoms with Crippen LogP contribution in [-0.2, 0) is 4.57 Å². The first kappa shape index (κ1) is 11.7. The molecule has 0 heterocycles. The summed E-state index contributed by atoms with van der Waals surface area (Å²) in [6.07, 6.45) is 0. The third-order valence-electron chi connectivity index (χ3n) is 2.32. The van der Waals surface area contributed by atoms with Gasteiger partial charge in [0.05, 0.1) is 0 Å². The van der Waals surface area contributed by atoms with Gasteiger partial charge in [0.2, 0.25) is 0 Å². The van der Waals surface area contributed by atoms with Crippen molar-refractivity contribution in [2.45, 2.75) is 0 Å². The summed E-state index contributed by atoms with van der Waals surface area (Å²) in [6.45, 7) is 3.83. The molecule has 0 aliphatic heterocycles. The van der Waals surface area contributed by atoms with Gasteiger partial charge in [0, 0.05) is 5.31 Å². The van der Waals surface area contributed by atoms with Crippen LogP contribution in [0.2, 0.25) is 0 Å². The predicted molar refractivity (Wildman–Crippen MR) is 71.5 cm³/mol. The lowest BCUT2D eigenvalue weighted by Gasteiger charge is -2.08. The molecule has 86 valence electrons. The Morgan fingerprint density at radius 3 is 2.06 bits per heavy atom. The van der Waals surface area contributed by atoms with Gasteiger partial charge in [-0.2, -0.15) is 0 Å². The molecule has 3 heteroatoms. The van der Waals surface area contributed by atoms with Crippen LogP contribution in [0.1, 0.15) is 5.56 Å². The van der Waals surface area contributed by atoms with E-state index in [0.717, 1.165) is 5.56 Å². The highest BCUT2D eigenvalue weighted by molar-refractivity contribution is 7.52. The van der Waals surface area contributed by atoms with E-state index in [1.807, 2.05) is 48.5 Å². The zero-order chi connectivity index (χ0) is 12.1. The average Bonchev–Trinajstić information content (AvgIpc) is 2.40. The second-order valence-electron chi connectivity index (χ2n) is 3.55. The van der Waals surface area contributed by atoms with E-state index in [2.05, 4.69) is 6.58 Å². The highest BCUT2D eigenvalue weighted by Gasteiger charge is 2.08. The molecule has 2 rings (SSSR count). The maximum absolute atomic E-state index is 12.0. The fourth-order valence-corrected chi connectivity index (χ4v) is 2.29. The van der Waals surface area contributed by atoms with Crippen molar-refractivity contribution in [2.24, 2.45) is 0 Å². The molecule has 2 aromatic rings. The van der Waals surface area contributed by atoms with Crippen molar-refractivity contribution in [1.82, 2.24) is 0 Å². The summed E-state index contributed by atoms with van der Waals surface area (Å²) in [5.74, 6) is 0.605. The van der Waals surface area contributed by atoms with E-state index in [0.29, 0.717) is 11.1 Å². The zero-order valence-corrected chi connectivity index (χ0v) is 10.3. The smallest absolute Gasteiger partial charge is 0.265 e. The van der Waals surface area contributed by atoms with Crippen LogP contribution in [0, 0.1) is 0 Å². The maximum atomic E-state index is 12.0. The molecule has 0 fully saturated rings. The van der Waals surface area contributed by atoms with Gasteiger partial charge < -0.3 is 4.52 Å². The van der Waals surface area contributed by atoms with Crippen molar-refractivity contribution >= 4 is 13.3 Å². The number of rotatable bonds is 4. The Bertz CT molecular complexity index is 520. The Morgan fingerprint density at radius 2 is 1.47 bits per heavy atom. The molecule has 17 heavy (non-hydrogen) atoms. The van der Waals surface area contributed by atoms with E-state index in [4.69, 9.17) is 4.52 Å². The molecule has 0 N–H and O–H groups in total. The van der Waals surface area contributed by atoms with E-state index < -0.39 is 8.03 Å². The van der Waals surface area contributed by atoms with Crippen LogP contribution in [0.3, 0.4) is 0 Å². The number of benzene rings is 2. The predicted octanol–water partition coefficient (Wildman–Crippen LogP) is 4.21. The van der Waals surface area contributed by atoms with Gasteiger partial charge in [0.25, 0.3) is 8.03 Å². The van der Waals surface area contributed by atoms with Gasteiger partial charge in [-0.15, -0.1) is 0 Å². The Hall–Kier alpha value is -1.79. The molecule has 0 saturated heterocycles. The van der Waals surface area contributed by atoms with Gasteiger partial charge in [-0.25, -0.2) is 0 Å². The van der Waals surface area contributed by atoms with E-state index in [1.165, 1.54) is 0 Å². The molecule has 0 spiro atoms. The Kier molecular flexibility index (Phi) is 3.79. The molecule has 2 nitrogen and oxygen atoms in total. The summed E-state index contributed by atoms with van der Waals surface area (Å²) < 4.78 is 17.4. The third kappa shape index (κ3) is 3.08. The summed E-state index contributed by atoms with van der Waals surface area (Å²) in [7, 11) is -2.32. The van der Waals surface area contributed by atoms with Crippen LogP contribution in [0.4, 0.5) is 0 Å². The Labute approximate surface area is 101 Å². The number of para-hydroxylation sites is 1. The molecule has 1 atom stereocenters. The molecule has 1 unspecified atom stereocenters. The van der Waals surface area contributed by atoms with Crippen LogP contribution < -0.4 is 4.52 Å². The van der Waals surface area contributed by atoms with E-state index in [9.17, 15) is 4.57 Å². The minimum absolute atomic E-state index is 0.541. The quantitative estimate of drug-likeness (QED) is 0.753. The average molecular weight is 244 g/mol. The van der Waals surface area contributed by atoms with Crippen LogP contribution >= 0.6 is 8.03 Å². The zero-order valence-electron chi connectivity index (χ0n) is 9.30. The monoisotopic (exact) mass is 244 g/mol. The van der Waals surface area contributed by atoms with Crippen molar-refractivity contribution in [1.29, 1.82) is 0 Å². The summed E-state index contributed by atoms with van der Waals surface area (Å²) in [5, 5.41) is 0.541. The van der Waals surface area contributed by atoms with Crippen LogP contribution in [0.5, 0.6) is 5.75 Å². The minimum atomic E-state index is -2.32. The van der Waals surface area contributed by atoms with Crippen molar-refractivity contribution < 1.29 is 9.09 Å². The molecule has 0 aliphatic carbocycles. The van der Waals surface area contributed by atoms with Gasteiger partial charge in [-0.05, 0) is 17.7 Å². The second-order valence-corrected chi connectivity index (χ2v) is 4.93. The first-order chi connectivity index (χ1) is 8.27. The molecule has 0 saturated carbocycles. The van der Waals surface area contributed by atoms with E-state index in [1.54, 1.807) is 12.1 Å². The summed E-state index contributed by atoms with van der Waals surface area (Å²) in [6, 6.07) is 18.6. The van der Waals surface area contributed by atoms with Crippen LogP contribution in [0.25, 0.3) is 5.31 Å². The lowest BCUT2D eigenvalue weighted by molar-refractivity contribution is 0.515. The molecular formula is C14H13O2P. The molecular weight excluding hydrogens is 231 g/mol. The fourth-order valence-electron chi connectivity index (χ4n) is 1.41. The highest BCUT2D eigenvalue weighted by Crippen LogP contribution is 2.40. The second kappa shape index (κ2) is 5.51. The van der Waals surface area contributed by atoms with E-state index in [-0.39, 0.29) is 0 Å². The number of hydrogen-bond acceptors (Lipinski definition) is 2. The normalized spacial score (nSPS) is 11.8. The summed E-state index contributed by atoms with van der Waals surface area (Å²) in [4.78, 5) is 0. The first-order valence-electron chi connectivity index (χ1n) is 5.29. The summed E-state index contributed by atoms with van der Waals surface area (Å²) in [5.41, 5.74) is 0.854. The van der Waals surface area contributed by atoms with Gasteiger partial charge in [-0.3, -0.25) is 4.57 Å². The standard InChI is InChI=1S/C14H13O2P/c1-12(13-8-4-2-5-9-13)17(15)16-14-10-6-3-7-11-14/h2-11,17H,1H2. The van der Waals surface area contributed by atoms with Crippen molar-refractivity contribution in [3.05, 3.63) is 72.8 Å². The molecule has 0 aromatic heterocycles. The lowest BCUT2D eigenvalue weighted by Crippen LogP contribution is -1.84. The first-order valence-corrected chi connectivity index (χ1v) is 6.60. The van der Waals surface area contributed by atoms with Crippen LogP contribution in [0.15, 0.2) is 67.2 Å². The SMILES string of the molecule is C=C(c1ccccc1)[PH](=O)Oc1ccccc1. The molecule has 0 amide bonds. The van der Waals surface area contributed by atoms with E-state index >= 15 is 0 Å². The van der Waals surface area contributed by atoms with Gasteiger partial charge >= 0.3 is 0 Å². The van der Waals surface area contributed by atoms with Gasteiger partial charge in [0.1, 0.15) is 5.75 Å². The van der Waals surface area contributed by atoms with Crippen LogP contribution in [-0.4, -0.2) is 0 Å². The van der Waals surface area contributed by atoms with Gasteiger partial charge in [0.15, 0.2) is 0 Å². The maximum Gasteiger partial charge on any atom is 0.265 e. The van der Waals surface area contributed by atoms with Gasteiger partial charge in [-0.1, -0.05) is 55.1 Å². The third-order valence-corrected chi connectivity index (χ3v) is 3.52. The molecule has 0 aliphatic rings. The largest absolute Gasteiger partial charge is 0.442 e.